The van der Waals surface area contributed by atoms with E-state index in [1.165, 1.54) is 11.1 Å². The van der Waals surface area contributed by atoms with Crippen LogP contribution in [0.15, 0.2) is 53.6 Å². The van der Waals surface area contributed by atoms with E-state index in [1.54, 1.807) is 0 Å². The topological polar surface area (TPSA) is 17.1 Å². The molecule has 0 amide bonds. The summed E-state index contributed by atoms with van der Waals surface area (Å²) in [5, 5.41) is 0. The maximum Gasteiger partial charge on any atom is 0.146 e. The van der Waals surface area contributed by atoms with Crippen LogP contribution in [0.3, 0.4) is 0 Å². The number of allylic oxidation sites excluding steroid dienone is 4. The molecule has 0 spiro atoms. The highest BCUT2D eigenvalue weighted by atomic mass is 16.1. The molecule has 0 radical (unpaired) electrons. The third-order valence-corrected chi connectivity index (χ3v) is 3.41. The van der Waals surface area contributed by atoms with Crippen LogP contribution in [0.2, 0.25) is 0 Å². The van der Waals surface area contributed by atoms with Crippen LogP contribution in [0.25, 0.3) is 0 Å². The third kappa shape index (κ3) is 1.85. The molecular weight excluding hydrogens is 196 g/mol. The Kier molecular flexibility index (Phi) is 3.04. The van der Waals surface area contributed by atoms with Gasteiger partial charge in [0.2, 0.25) is 0 Å². The van der Waals surface area contributed by atoms with Gasteiger partial charge in [-0.25, -0.2) is 0 Å². The van der Waals surface area contributed by atoms with E-state index >= 15 is 0 Å². The molecule has 1 heteroatoms. The molecule has 0 aromatic heterocycles. The van der Waals surface area contributed by atoms with Gasteiger partial charge in [-0.1, -0.05) is 55.0 Å². The van der Waals surface area contributed by atoms with Gasteiger partial charge in [0.05, 0.1) is 0 Å². The minimum Gasteiger partial charge on any atom is -0.298 e. The molecule has 0 aliphatic heterocycles. The van der Waals surface area contributed by atoms with Gasteiger partial charge in [-0.2, -0.15) is 0 Å². The zero-order chi connectivity index (χ0) is 11.5. The largest absolute Gasteiger partial charge is 0.298 e. The van der Waals surface area contributed by atoms with E-state index in [2.05, 4.69) is 26.0 Å². The maximum absolute atomic E-state index is 11.1. The molecule has 2 rings (SSSR count). The predicted octanol–water partition coefficient (Wildman–Crippen LogP) is 3.49. The fraction of sp³-hybridized carbons (Fsp3) is 0.267. The highest BCUT2D eigenvalue weighted by Crippen LogP contribution is 2.37. The van der Waals surface area contributed by atoms with Crippen LogP contribution in [-0.2, 0) is 4.79 Å². The first kappa shape index (κ1) is 10.9. The van der Waals surface area contributed by atoms with E-state index in [0.29, 0.717) is 5.92 Å². The van der Waals surface area contributed by atoms with Crippen molar-refractivity contribution in [3.63, 3.8) is 0 Å². The van der Waals surface area contributed by atoms with Gasteiger partial charge < -0.3 is 0 Å². The van der Waals surface area contributed by atoms with Crippen LogP contribution in [-0.4, -0.2) is 6.29 Å². The minimum atomic E-state index is 0.212. The van der Waals surface area contributed by atoms with Gasteiger partial charge in [0, 0.05) is 5.92 Å². The van der Waals surface area contributed by atoms with Crippen molar-refractivity contribution >= 4 is 6.29 Å². The number of carbonyl (C=O) groups is 1. The van der Waals surface area contributed by atoms with Gasteiger partial charge in [0.25, 0.3) is 0 Å². The molecule has 82 valence electrons. The summed E-state index contributed by atoms with van der Waals surface area (Å²) in [7, 11) is 0. The lowest BCUT2D eigenvalue weighted by Gasteiger charge is -2.28. The second kappa shape index (κ2) is 4.48. The van der Waals surface area contributed by atoms with Crippen LogP contribution < -0.4 is 0 Å². The van der Waals surface area contributed by atoms with Crippen LogP contribution in [0.5, 0.6) is 0 Å². The number of rotatable bonds is 2. The number of aldehydes is 1. The van der Waals surface area contributed by atoms with E-state index in [9.17, 15) is 4.79 Å². The number of carbonyl (C=O) groups excluding carboxylic acids is 1. The van der Waals surface area contributed by atoms with Crippen LogP contribution in [0.1, 0.15) is 25.3 Å². The molecule has 1 unspecified atom stereocenters. The highest BCUT2D eigenvalue weighted by molar-refractivity contribution is 5.77. The van der Waals surface area contributed by atoms with Gasteiger partial charge in [0.1, 0.15) is 6.29 Å². The smallest absolute Gasteiger partial charge is 0.146 e. The van der Waals surface area contributed by atoms with E-state index < -0.39 is 0 Å². The van der Waals surface area contributed by atoms with Gasteiger partial charge in [-0.3, -0.25) is 4.79 Å². The standard InChI is InChI=1S/C15H16O/c1-11-8-9-14(10-16)15(12(11)2)13-6-4-3-5-7-13/h3-10,12,15H,1-2H3/t12?,15-/m1/s1. The van der Waals surface area contributed by atoms with Crippen molar-refractivity contribution in [2.24, 2.45) is 5.92 Å². The zero-order valence-corrected chi connectivity index (χ0v) is 9.68. The Morgan fingerprint density at radius 3 is 2.44 bits per heavy atom. The Bertz CT molecular complexity index is 440. The molecule has 0 bridgehead atoms. The van der Waals surface area contributed by atoms with Gasteiger partial charge >= 0.3 is 0 Å². The monoisotopic (exact) mass is 212 g/mol. The van der Waals surface area contributed by atoms with Gasteiger partial charge in [0.15, 0.2) is 0 Å². The summed E-state index contributed by atoms with van der Waals surface area (Å²) in [6, 6.07) is 10.2. The lowest BCUT2D eigenvalue weighted by molar-refractivity contribution is -0.105. The molecule has 0 saturated carbocycles. The summed E-state index contributed by atoms with van der Waals surface area (Å²) >= 11 is 0. The second-order valence-electron chi connectivity index (χ2n) is 4.37. The van der Waals surface area contributed by atoms with Gasteiger partial charge in [-0.05, 0) is 24.0 Å². The second-order valence-corrected chi connectivity index (χ2v) is 4.37. The van der Waals surface area contributed by atoms with Crippen molar-refractivity contribution in [3.05, 3.63) is 59.2 Å². The molecule has 16 heavy (non-hydrogen) atoms. The predicted molar refractivity (Wildman–Crippen MR) is 66.3 cm³/mol. The molecule has 0 heterocycles. The highest BCUT2D eigenvalue weighted by Gasteiger charge is 2.26. The summed E-state index contributed by atoms with van der Waals surface area (Å²) in [4.78, 5) is 11.1. The first-order chi connectivity index (χ1) is 7.74. The molecular formula is C15H16O. The van der Waals surface area contributed by atoms with Crippen molar-refractivity contribution in [3.8, 4) is 0 Å². The molecule has 1 aromatic carbocycles. The number of hydrogen-bond donors (Lipinski definition) is 0. The quantitative estimate of drug-likeness (QED) is 0.686. The fourth-order valence-corrected chi connectivity index (χ4v) is 2.29. The molecule has 0 N–H and O–H groups in total. The van der Waals surface area contributed by atoms with Crippen molar-refractivity contribution in [2.75, 3.05) is 0 Å². The normalized spacial score (nSPS) is 24.6. The summed E-state index contributed by atoms with van der Waals surface area (Å²) < 4.78 is 0. The van der Waals surface area contributed by atoms with Crippen LogP contribution in [0, 0.1) is 5.92 Å². The average Bonchev–Trinajstić information content (AvgIpc) is 2.33. The Hall–Kier alpha value is -1.63. The number of benzene rings is 1. The van der Waals surface area contributed by atoms with E-state index in [0.717, 1.165) is 11.9 Å². The Morgan fingerprint density at radius 2 is 1.81 bits per heavy atom. The molecule has 1 aliphatic carbocycles. The lowest BCUT2D eigenvalue weighted by Crippen LogP contribution is -2.17. The van der Waals surface area contributed by atoms with Crippen molar-refractivity contribution in [1.82, 2.24) is 0 Å². The summed E-state index contributed by atoms with van der Waals surface area (Å²) in [6.07, 6.45) is 4.98. The number of hydrogen-bond acceptors (Lipinski definition) is 1. The Balaban J connectivity index is 2.43. The summed E-state index contributed by atoms with van der Waals surface area (Å²) in [5.41, 5.74) is 3.43. The zero-order valence-electron chi connectivity index (χ0n) is 9.68. The molecule has 2 atom stereocenters. The first-order valence-corrected chi connectivity index (χ1v) is 5.62. The molecule has 0 fully saturated rings. The average molecular weight is 212 g/mol. The molecule has 1 nitrogen and oxygen atoms in total. The summed E-state index contributed by atoms with van der Waals surface area (Å²) in [5.74, 6) is 0.608. The molecule has 1 aromatic rings. The van der Waals surface area contributed by atoms with Crippen molar-refractivity contribution in [1.29, 1.82) is 0 Å². The summed E-state index contributed by atoms with van der Waals surface area (Å²) in [6.45, 7) is 4.30. The van der Waals surface area contributed by atoms with Crippen LogP contribution >= 0.6 is 0 Å². The van der Waals surface area contributed by atoms with E-state index in [4.69, 9.17) is 0 Å². The molecule has 0 saturated heterocycles. The SMILES string of the molecule is CC1=CC=C(C=O)[C@@H](c2ccccc2)C1C. The Labute approximate surface area is 96.5 Å². The van der Waals surface area contributed by atoms with Crippen LogP contribution in [0.4, 0.5) is 0 Å². The Morgan fingerprint density at radius 1 is 1.12 bits per heavy atom. The van der Waals surface area contributed by atoms with Gasteiger partial charge in [-0.15, -0.1) is 0 Å². The van der Waals surface area contributed by atoms with Crippen molar-refractivity contribution < 1.29 is 4.79 Å². The van der Waals surface area contributed by atoms with Crippen molar-refractivity contribution in [2.45, 2.75) is 19.8 Å². The molecule has 1 aliphatic rings. The van der Waals surface area contributed by atoms with E-state index in [1.807, 2.05) is 30.4 Å². The minimum absolute atomic E-state index is 0.212. The lowest BCUT2D eigenvalue weighted by atomic mass is 9.75. The third-order valence-electron chi connectivity index (χ3n) is 3.41. The first-order valence-electron chi connectivity index (χ1n) is 5.62. The maximum atomic E-state index is 11.1. The van der Waals surface area contributed by atoms with E-state index in [-0.39, 0.29) is 5.92 Å². The fourth-order valence-electron chi connectivity index (χ4n) is 2.29.